The van der Waals surface area contributed by atoms with Crippen LogP contribution in [0.25, 0.3) is 10.9 Å². The van der Waals surface area contributed by atoms with E-state index in [-0.39, 0.29) is 11.9 Å². The Balaban J connectivity index is 2.21. The van der Waals surface area contributed by atoms with Crippen LogP contribution in [0.3, 0.4) is 0 Å². The van der Waals surface area contributed by atoms with E-state index in [4.69, 9.17) is 0 Å². The molecule has 1 amide bonds. The van der Waals surface area contributed by atoms with Crippen molar-refractivity contribution < 1.29 is 4.79 Å². The van der Waals surface area contributed by atoms with Crippen LogP contribution in [0.5, 0.6) is 0 Å². The van der Waals surface area contributed by atoms with E-state index >= 15 is 0 Å². The second kappa shape index (κ2) is 6.32. The molecule has 19 heavy (non-hydrogen) atoms. The van der Waals surface area contributed by atoms with Gasteiger partial charge in [-0.3, -0.25) is 9.78 Å². The molecule has 2 aromatic rings. The molecule has 4 heteroatoms. The number of hydrogen-bond acceptors (Lipinski definition) is 2. The fourth-order valence-electron chi connectivity index (χ4n) is 1.85. The first kappa shape index (κ1) is 14.2. The average Bonchev–Trinajstić information content (AvgIpc) is 2.43. The molecule has 0 saturated carbocycles. The standard InChI is InChI=1S/C15H17IN2O/c1-10(2)14(9-16)18-15(19)12-5-6-13-11(8-12)4-3-7-17-13/h3-8,10,14H,9H2,1-2H3,(H,18,19). The lowest BCUT2D eigenvalue weighted by molar-refractivity contribution is 0.0932. The molecule has 0 aliphatic rings. The lowest BCUT2D eigenvalue weighted by Crippen LogP contribution is -2.39. The van der Waals surface area contributed by atoms with Crippen molar-refractivity contribution in [3.05, 3.63) is 42.1 Å². The van der Waals surface area contributed by atoms with Gasteiger partial charge < -0.3 is 5.32 Å². The van der Waals surface area contributed by atoms with Gasteiger partial charge in [-0.15, -0.1) is 0 Å². The number of aromatic nitrogens is 1. The quantitative estimate of drug-likeness (QED) is 0.664. The maximum Gasteiger partial charge on any atom is 0.251 e. The van der Waals surface area contributed by atoms with Gasteiger partial charge in [0, 0.05) is 27.6 Å². The number of halogens is 1. The van der Waals surface area contributed by atoms with Gasteiger partial charge in [0.15, 0.2) is 0 Å². The van der Waals surface area contributed by atoms with Crippen LogP contribution in [-0.4, -0.2) is 21.4 Å². The first-order valence-electron chi connectivity index (χ1n) is 6.33. The summed E-state index contributed by atoms with van der Waals surface area (Å²) in [7, 11) is 0. The molecule has 1 N–H and O–H groups in total. The van der Waals surface area contributed by atoms with E-state index in [1.165, 1.54) is 0 Å². The highest BCUT2D eigenvalue weighted by Gasteiger charge is 2.16. The van der Waals surface area contributed by atoms with E-state index < -0.39 is 0 Å². The van der Waals surface area contributed by atoms with E-state index in [1.807, 2.05) is 30.3 Å². The highest BCUT2D eigenvalue weighted by molar-refractivity contribution is 14.1. The number of nitrogens with one attached hydrogen (secondary N) is 1. The van der Waals surface area contributed by atoms with Crippen LogP contribution >= 0.6 is 22.6 Å². The molecule has 0 spiro atoms. The Morgan fingerprint density at radius 3 is 2.84 bits per heavy atom. The summed E-state index contributed by atoms with van der Waals surface area (Å²) in [4.78, 5) is 16.5. The fourth-order valence-corrected chi connectivity index (χ4v) is 3.09. The van der Waals surface area contributed by atoms with Gasteiger partial charge in [-0.25, -0.2) is 0 Å². The minimum absolute atomic E-state index is 0.0129. The molecule has 0 aliphatic heterocycles. The van der Waals surface area contributed by atoms with Gasteiger partial charge in [0.25, 0.3) is 5.91 Å². The maximum absolute atomic E-state index is 12.2. The third-order valence-corrected chi connectivity index (χ3v) is 4.10. The van der Waals surface area contributed by atoms with Crippen LogP contribution in [-0.2, 0) is 0 Å². The van der Waals surface area contributed by atoms with E-state index in [9.17, 15) is 4.79 Å². The highest BCUT2D eigenvalue weighted by Crippen LogP contribution is 2.14. The van der Waals surface area contributed by atoms with Gasteiger partial charge in [-0.2, -0.15) is 0 Å². The number of amides is 1. The van der Waals surface area contributed by atoms with Crippen molar-refractivity contribution in [3.8, 4) is 0 Å². The monoisotopic (exact) mass is 368 g/mol. The summed E-state index contributed by atoms with van der Waals surface area (Å²) in [5.41, 5.74) is 1.60. The molecule has 1 heterocycles. The lowest BCUT2D eigenvalue weighted by Gasteiger charge is -2.20. The average molecular weight is 368 g/mol. The number of nitrogens with zero attached hydrogens (tertiary/aromatic N) is 1. The van der Waals surface area contributed by atoms with Crippen LogP contribution < -0.4 is 5.32 Å². The zero-order valence-corrected chi connectivity index (χ0v) is 13.2. The second-order valence-electron chi connectivity index (χ2n) is 4.89. The van der Waals surface area contributed by atoms with Gasteiger partial charge in [-0.05, 0) is 30.2 Å². The first-order valence-corrected chi connectivity index (χ1v) is 7.86. The molecule has 0 radical (unpaired) electrons. The molecule has 3 nitrogen and oxygen atoms in total. The lowest BCUT2D eigenvalue weighted by atomic mass is 10.1. The van der Waals surface area contributed by atoms with Crippen molar-refractivity contribution in [1.82, 2.24) is 10.3 Å². The summed E-state index contributed by atoms with van der Waals surface area (Å²) < 4.78 is 0.913. The second-order valence-corrected chi connectivity index (χ2v) is 5.77. The molecule has 0 aliphatic carbocycles. The summed E-state index contributed by atoms with van der Waals surface area (Å²) in [6, 6.07) is 9.66. The number of fused-ring (bicyclic) bond motifs is 1. The van der Waals surface area contributed by atoms with Crippen molar-refractivity contribution in [2.45, 2.75) is 19.9 Å². The van der Waals surface area contributed by atoms with Crippen molar-refractivity contribution in [2.24, 2.45) is 5.92 Å². The van der Waals surface area contributed by atoms with Gasteiger partial charge in [0.1, 0.15) is 0 Å². The number of rotatable bonds is 4. The predicted octanol–water partition coefficient (Wildman–Crippen LogP) is 3.42. The zero-order valence-electron chi connectivity index (χ0n) is 11.1. The zero-order chi connectivity index (χ0) is 13.8. The number of pyridine rings is 1. The Kier molecular flexibility index (Phi) is 4.74. The normalized spacial score (nSPS) is 12.6. The molecule has 1 unspecified atom stereocenters. The number of hydrogen-bond donors (Lipinski definition) is 1. The summed E-state index contributed by atoms with van der Waals surface area (Å²) in [6.07, 6.45) is 1.76. The highest BCUT2D eigenvalue weighted by atomic mass is 127. The molecule has 1 atom stereocenters. The Morgan fingerprint density at radius 1 is 1.37 bits per heavy atom. The molecule has 1 aromatic heterocycles. The number of benzene rings is 1. The predicted molar refractivity (Wildman–Crippen MR) is 86.7 cm³/mol. The summed E-state index contributed by atoms with van der Waals surface area (Å²) >= 11 is 2.31. The minimum atomic E-state index is -0.0129. The van der Waals surface area contributed by atoms with E-state index in [1.54, 1.807) is 6.20 Å². The van der Waals surface area contributed by atoms with Gasteiger partial charge in [0.2, 0.25) is 0 Å². The topological polar surface area (TPSA) is 42.0 Å². The summed E-state index contributed by atoms with van der Waals surface area (Å²) in [6.45, 7) is 4.24. The van der Waals surface area contributed by atoms with Crippen LogP contribution in [0, 0.1) is 5.92 Å². The SMILES string of the molecule is CC(C)C(CI)NC(=O)c1ccc2ncccc2c1. The van der Waals surface area contributed by atoms with E-state index in [2.05, 4.69) is 46.7 Å². The summed E-state index contributed by atoms with van der Waals surface area (Å²) in [5.74, 6) is 0.420. The van der Waals surface area contributed by atoms with Crippen molar-refractivity contribution in [3.63, 3.8) is 0 Å². The molecule has 100 valence electrons. The Labute approximate surface area is 126 Å². The van der Waals surface area contributed by atoms with E-state index in [0.29, 0.717) is 11.5 Å². The van der Waals surface area contributed by atoms with Crippen LogP contribution in [0.15, 0.2) is 36.5 Å². The summed E-state index contributed by atoms with van der Waals surface area (Å²) in [5, 5.41) is 4.07. The van der Waals surface area contributed by atoms with E-state index in [0.717, 1.165) is 15.3 Å². The van der Waals surface area contributed by atoms with Crippen molar-refractivity contribution >= 4 is 39.4 Å². The molecule has 2 rings (SSSR count). The van der Waals surface area contributed by atoms with Gasteiger partial charge in [-0.1, -0.05) is 42.5 Å². The van der Waals surface area contributed by atoms with Crippen LogP contribution in [0.1, 0.15) is 24.2 Å². The Hall–Kier alpha value is -1.17. The van der Waals surface area contributed by atoms with Gasteiger partial charge >= 0.3 is 0 Å². The molecule has 0 saturated heterocycles. The Morgan fingerprint density at radius 2 is 2.16 bits per heavy atom. The van der Waals surface area contributed by atoms with Crippen molar-refractivity contribution in [2.75, 3.05) is 4.43 Å². The van der Waals surface area contributed by atoms with Gasteiger partial charge in [0.05, 0.1) is 5.52 Å². The fraction of sp³-hybridized carbons (Fsp3) is 0.333. The number of carbonyl (C=O) groups excluding carboxylic acids is 1. The minimum Gasteiger partial charge on any atom is -0.348 e. The maximum atomic E-state index is 12.2. The number of alkyl halides is 1. The Bertz CT molecular complexity index is 583. The largest absolute Gasteiger partial charge is 0.348 e. The van der Waals surface area contributed by atoms with Crippen LogP contribution in [0.2, 0.25) is 0 Å². The first-order chi connectivity index (χ1) is 9.11. The molecular weight excluding hydrogens is 351 g/mol. The third kappa shape index (κ3) is 3.43. The molecule has 0 fully saturated rings. The van der Waals surface area contributed by atoms with Crippen molar-refractivity contribution in [1.29, 1.82) is 0 Å². The smallest absolute Gasteiger partial charge is 0.251 e. The third-order valence-electron chi connectivity index (χ3n) is 3.15. The van der Waals surface area contributed by atoms with Crippen LogP contribution in [0.4, 0.5) is 0 Å². The molecular formula is C15H17IN2O. The molecule has 1 aromatic carbocycles. The molecule has 0 bridgehead atoms. The number of carbonyl (C=O) groups is 1.